The number of fused-ring (bicyclic) bond motifs is 1. The molecule has 0 spiro atoms. The van der Waals surface area contributed by atoms with Gasteiger partial charge in [0.15, 0.2) is 11.5 Å². The molecule has 4 aromatic rings. The number of aromatic nitrogens is 4. The molecule has 0 unspecified atom stereocenters. The van der Waals surface area contributed by atoms with Gasteiger partial charge in [-0.25, -0.2) is 9.97 Å². The normalized spacial score (nSPS) is 14.0. The Morgan fingerprint density at radius 1 is 1.03 bits per heavy atom. The average Bonchev–Trinajstić information content (AvgIpc) is 2.89. The van der Waals surface area contributed by atoms with Gasteiger partial charge in [0.05, 0.1) is 29.5 Å². The first-order valence-electron chi connectivity index (χ1n) is 11.3. The van der Waals surface area contributed by atoms with Gasteiger partial charge in [0.25, 0.3) is 0 Å². The van der Waals surface area contributed by atoms with Crippen LogP contribution in [-0.2, 0) is 6.61 Å². The van der Waals surface area contributed by atoms with Gasteiger partial charge in [-0.1, -0.05) is 11.6 Å². The Labute approximate surface area is 207 Å². The van der Waals surface area contributed by atoms with E-state index in [4.69, 9.17) is 25.8 Å². The number of methoxy groups -OCH3 is 1. The van der Waals surface area contributed by atoms with Crippen molar-refractivity contribution in [1.82, 2.24) is 25.3 Å². The first kappa shape index (κ1) is 23.1. The van der Waals surface area contributed by atoms with Crippen molar-refractivity contribution in [2.24, 2.45) is 0 Å². The molecule has 1 saturated heterocycles. The third kappa shape index (κ3) is 5.52. The lowest BCUT2D eigenvalue weighted by molar-refractivity contribution is 0.157. The van der Waals surface area contributed by atoms with E-state index in [-0.39, 0.29) is 12.7 Å². The SMILES string of the molecule is COc1cc2ncnc(Nc3ccc(OCc4cnccn4)c(Cl)c3)c2cc1OC1CCNCC1. The molecular weight excluding hydrogens is 468 g/mol. The van der Waals surface area contributed by atoms with Crippen LogP contribution in [-0.4, -0.2) is 46.2 Å². The number of piperidine rings is 1. The van der Waals surface area contributed by atoms with E-state index in [2.05, 4.69) is 30.6 Å². The van der Waals surface area contributed by atoms with Gasteiger partial charge in [0.2, 0.25) is 0 Å². The van der Waals surface area contributed by atoms with Gasteiger partial charge < -0.3 is 24.8 Å². The molecule has 0 bridgehead atoms. The van der Waals surface area contributed by atoms with Crippen LogP contribution < -0.4 is 24.8 Å². The summed E-state index contributed by atoms with van der Waals surface area (Å²) >= 11 is 6.48. The van der Waals surface area contributed by atoms with Crippen LogP contribution >= 0.6 is 11.6 Å². The summed E-state index contributed by atoms with van der Waals surface area (Å²) in [6.07, 6.45) is 8.43. The van der Waals surface area contributed by atoms with Gasteiger partial charge >= 0.3 is 0 Å². The summed E-state index contributed by atoms with van der Waals surface area (Å²) in [6, 6.07) is 9.27. The van der Waals surface area contributed by atoms with Crippen molar-refractivity contribution >= 4 is 34.0 Å². The number of nitrogens with one attached hydrogen (secondary N) is 2. The van der Waals surface area contributed by atoms with E-state index in [1.54, 1.807) is 37.8 Å². The number of anilines is 2. The van der Waals surface area contributed by atoms with E-state index in [0.29, 0.717) is 28.1 Å². The van der Waals surface area contributed by atoms with Crippen molar-refractivity contribution in [3.05, 3.63) is 66.0 Å². The van der Waals surface area contributed by atoms with E-state index in [9.17, 15) is 0 Å². The fraction of sp³-hybridized carbons (Fsp3) is 0.280. The minimum Gasteiger partial charge on any atom is -0.493 e. The molecule has 180 valence electrons. The lowest BCUT2D eigenvalue weighted by atomic mass is 10.1. The van der Waals surface area contributed by atoms with E-state index in [1.165, 1.54) is 6.33 Å². The molecule has 5 rings (SSSR count). The van der Waals surface area contributed by atoms with Crippen LogP contribution in [0.25, 0.3) is 10.9 Å². The summed E-state index contributed by atoms with van der Waals surface area (Å²) in [6.45, 7) is 2.16. The lowest BCUT2D eigenvalue weighted by Crippen LogP contribution is -2.34. The minimum absolute atomic E-state index is 0.136. The monoisotopic (exact) mass is 492 g/mol. The van der Waals surface area contributed by atoms with Crippen molar-refractivity contribution < 1.29 is 14.2 Å². The molecule has 2 aromatic heterocycles. The zero-order valence-electron chi connectivity index (χ0n) is 19.2. The van der Waals surface area contributed by atoms with Gasteiger partial charge in [-0.05, 0) is 50.2 Å². The van der Waals surface area contributed by atoms with Gasteiger partial charge in [0.1, 0.15) is 30.6 Å². The maximum absolute atomic E-state index is 6.48. The molecule has 1 aliphatic rings. The van der Waals surface area contributed by atoms with E-state index in [1.807, 2.05) is 18.2 Å². The second kappa shape index (κ2) is 10.7. The number of nitrogens with zero attached hydrogens (tertiary/aromatic N) is 4. The van der Waals surface area contributed by atoms with Crippen molar-refractivity contribution in [2.75, 3.05) is 25.5 Å². The molecule has 0 saturated carbocycles. The molecule has 35 heavy (non-hydrogen) atoms. The lowest BCUT2D eigenvalue weighted by Gasteiger charge is -2.25. The number of ether oxygens (including phenoxy) is 3. The molecule has 0 radical (unpaired) electrons. The maximum atomic E-state index is 6.48. The van der Waals surface area contributed by atoms with Crippen LogP contribution in [0.1, 0.15) is 18.5 Å². The summed E-state index contributed by atoms with van der Waals surface area (Å²) in [5.74, 6) is 2.51. The smallest absolute Gasteiger partial charge is 0.162 e. The topological polar surface area (TPSA) is 103 Å². The predicted molar refractivity (Wildman–Crippen MR) is 134 cm³/mol. The van der Waals surface area contributed by atoms with Crippen LogP contribution in [0.15, 0.2) is 55.2 Å². The zero-order valence-corrected chi connectivity index (χ0v) is 20.0. The van der Waals surface area contributed by atoms with Crippen LogP contribution in [0.4, 0.5) is 11.5 Å². The molecular formula is C25H25ClN6O3. The summed E-state index contributed by atoms with van der Waals surface area (Å²) in [5, 5.41) is 7.97. The minimum atomic E-state index is 0.136. The molecule has 2 N–H and O–H groups in total. The summed E-state index contributed by atoms with van der Waals surface area (Å²) in [4.78, 5) is 17.1. The number of hydrogen-bond acceptors (Lipinski definition) is 9. The Morgan fingerprint density at radius 2 is 1.91 bits per heavy atom. The van der Waals surface area contributed by atoms with Crippen LogP contribution in [0, 0.1) is 0 Å². The number of hydrogen-bond donors (Lipinski definition) is 2. The van der Waals surface area contributed by atoms with Crippen LogP contribution in [0.2, 0.25) is 5.02 Å². The third-order valence-corrected chi connectivity index (χ3v) is 5.98. The van der Waals surface area contributed by atoms with Gasteiger partial charge in [-0.3, -0.25) is 9.97 Å². The Kier molecular flexibility index (Phi) is 7.06. The zero-order chi connectivity index (χ0) is 24.0. The maximum Gasteiger partial charge on any atom is 0.162 e. The number of benzene rings is 2. The predicted octanol–water partition coefficient (Wildman–Crippen LogP) is 4.54. The molecule has 2 aromatic carbocycles. The van der Waals surface area contributed by atoms with Gasteiger partial charge in [0, 0.05) is 29.5 Å². The average molecular weight is 493 g/mol. The Hall–Kier alpha value is -3.69. The number of rotatable bonds is 8. The molecule has 0 atom stereocenters. The van der Waals surface area contributed by atoms with Crippen molar-refractivity contribution in [2.45, 2.75) is 25.6 Å². The van der Waals surface area contributed by atoms with E-state index < -0.39 is 0 Å². The molecule has 1 fully saturated rings. The van der Waals surface area contributed by atoms with Crippen molar-refractivity contribution in [3.63, 3.8) is 0 Å². The fourth-order valence-corrected chi connectivity index (χ4v) is 4.13. The molecule has 1 aliphatic heterocycles. The van der Waals surface area contributed by atoms with E-state index in [0.717, 1.165) is 48.2 Å². The second-order valence-corrected chi connectivity index (χ2v) is 8.47. The third-order valence-electron chi connectivity index (χ3n) is 5.69. The summed E-state index contributed by atoms with van der Waals surface area (Å²) in [7, 11) is 1.63. The van der Waals surface area contributed by atoms with Crippen molar-refractivity contribution in [3.8, 4) is 17.2 Å². The Bertz CT molecular complexity index is 1300. The summed E-state index contributed by atoms with van der Waals surface area (Å²) in [5.41, 5.74) is 2.22. The van der Waals surface area contributed by atoms with Gasteiger partial charge in [-0.2, -0.15) is 0 Å². The standard InChI is InChI=1S/C25H25ClN6O3/c1-33-23-12-21-19(11-24(23)35-18-4-6-27-7-5-18)25(31-15-30-21)32-16-2-3-22(20(26)10-16)34-14-17-13-28-8-9-29-17/h2-3,8-13,15,18,27H,4-7,14H2,1H3,(H,30,31,32). The van der Waals surface area contributed by atoms with Crippen LogP contribution in [0.3, 0.4) is 0 Å². The first-order valence-corrected chi connectivity index (χ1v) is 11.7. The Morgan fingerprint density at radius 3 is 2.69 bits per heavy atom. The fourth-order valence-electron chi connectivity index (χ4n) is 3.90. The summed E-state index contributed by atoms with van der Waals surface area (Å²) < 4.78 is 17.7. The molecule has 0 aliphatic carbocycles. The van der Waals surface area contributed by atoms with Gasteiger partial charge in [-0.15, -0.1) is 0 Å². The molecule has 10 heteroatoms. The van der Waals surface area contributed by atoms with E-state index >= 15 is 0 Å². The molecule has 3 heterocycles. The Balaban J connectivity index is 1.37. The van der Waals surface area contributed by atoms with Crippen LogP contribution in [0.5, 0.6) is 17.2 Å². The highest BCUT2D eigenvalue weighted by molar-refractivity contribution is 6.32. The quantitative estimate of drug-likeness (QED) is 0.367. The molecule has 9 nitrogen and oxygen atoms in total. The highest BCUT2D eigenvalue weighted by Crippen LogP contribution is 2.36. The second-order valence-electron chi connectivity index (χ2n) is 8.07. The highest BCUT2D eigenvalue weighted by Gasteiger charge is 2.19. The first-order chi connectivity index (χ1) is 17.2. The number of halogens is 1. The highest BCUT2D eigenvalue weighted by atomic mass is 35.5. The van der Waals surface area contributed by atoms with Crippen molar-refractivity contribution in [1.29, 1.82) is 0 Å². The molecule has 0 amide bonds. The largest absolute Gasteiger partial charge is 0.493 e.